The first-order valence-electron chi connectivity index (χ1n) is 12.5. The van der Waals surface area contributed by atoms with E-state index in [0.717, 1.165) is 31.0 Å². The second-order valence-electron chi connectivity index (χ2n) is 10.4. The van der Waals surface area contributed by atoms with Crippen LogP contribution in [-0.4, -0.2) is 105 Å². The van der Waals surface area contributed by atoms with Crippen LogP contribution in [-0.2, 0) is 28.8 Å². The van der Waals surface area contributed by atoms with Crippen LogP contribution in [0, 0.1) is 5.41 Å². The first-order chi connectivity index (χ1) is 19.0. The van der Waals surface area contributed by atoms with Crippen molar-refractivity contribution in [1.82, 2.24) is 15.2 Å². The molecule has 5 aliphatic rings. The number of fused-ring (bicyclic) bond motifs is 4. The molecule has 0 saturated carbocycles. The zero-order valence-electron chi connectivity index (χ0n) is 21.3. The number of nitrogen functional groups attached to an aromatic ring is 1. The Balaban J connectivity index is 1.31. The van der Waals surface area contributed by atoms with E-state index in [2.05, 4.69) is 15.5 Å². The molecule has 40 heavy (non-hydrogen) atoms. The number of piperidine rings is 3. The number of primary amides is 2. The molecule has 6 heterocycles. The van der Waals surface area contributed by atoms with Crippen molar-refractivity contribution in [3.8, 4) is 0 Å². The Hall–Kier alpha value is -3.70. The SMILES string of the molecule is NC(=O)CO/N=C(\C(=O)N[C@@H]1C(=O)N2C(C(=O)O)=C(C[N+]34CCC(C(N)=O)(CC3)CC4)CS[C@@H]12)c1csc(N)n1. The largest absolute Gasteiger partial charge is 0.477 e. The van der Waals surface area contributed by atoms with Crippen LogP contribution in [0.3, 0.4) is 0 Å². The van der Waals surface area contributed by atoms with Gasteiger partial charge in [0, 0.05) is 36.0 Å². The summed E-state index contributed by atoms with van der Waals surface area (Å²) >= 11 is 2.42. The number of carbonyl (C=O) groups is 5. The lowest BCUT2D eigenvalue weighted by atomic mass is 9.70. The van der Waals surface area contributed by atoms with Crippen LogP contribution >= 0.6 is 23.1 Å². The molecule has 1 aromatic heterocycles. The van der Waals surface area contributed by atoms with Crippen LogP contribution in [0.25, 0.3) is 0 Å². The molecule has 0 radical (unpaired) electrons. The number of amides is 4. The summed E-state index contributed by atoms with van der Waals surface area (Å²) in [5, 5.41) is 17.4. The lowest BCUT2D eigenvalue weighted by Crippen LogP contribution is -2.71. The highest BCUT2D eigenvalue weighted by molar-refractivity contribution is 8.00. The van der Waals surface area contributed by atoms with Gasteiger partial charge in [-0.25, -0.2) is 9.78 Å². The summed E-state index contributed by atoms with van der Waals surface area (Å²) in [7, 11) is 0. The number of rotatable bonds is 10. The standard InChI is InChI=1S/C23H28N8O7S2/c24-13(32)8-38-29-14(12-10-40-22(26)27-12)17(33)28-15-18(34)30-16(20(35)36)11(9-39-19(15)30)7-31-4-1-23(2-5-31,3-6-31)21(25)37/h10,15,19H,1-9H2,(H7-,24,25,26,27,28,32,33,35,36,37)/p+1/b29-14-/t15-,19+,23?,31?/m1/s1. The van der Waals surface area contributed by atoms with Gasteiger partial charge in [-0.15, -0.1) is 23.1 Å². The van der Waals surface area contributed by atoms with Gasteiger partial charge in [0.05, 0.1) is 25.0 Å². The smallest absolute Gasteiger partial charge is 0.352 e. The predicted octanol–water partition coefficient (Wildman–Crippen LogP) is -1.84. The van der Waals surface area contributed by atoms with Crippen molar-refractivity contribution in [3.05, 3.63) is 22.3 Å². The summed E-state index contributed by atoms with van der Waals surface area (Å²) < 4.78 is 0.663. The van der Waals surface area contributed by atoms with E-state index in [4.69, 9.17) is 22.0 Å². The van der Waals surface area contributed by atoms with Crippen molar-refractivity contribution in [3.63, 3.8) is 0 Å². The number of hydrogen-bond acceptors (Lipinski definition) is 11. The lowest BCUT2D eigenvalue weighted by Gasteiger charge is -2.55. The first-order valence-corrected chi connectivity index (χ1v) is 14.4. The third-order valence-electron chi connectivity index (χ3n) is 8.12. The molecular formula is C23H29N8O7S2+. The fraction of sp³-hybridized carbons (Fsp3) is 0.522. The van der Waals surface area contributed by atoms with Gasteiger partial charge in [-0.1, -0.05) is 5.16 Å². The Morgan fingerprint density at radius 3 is 2.45 bits per heavy atom. The van der Waals surface area contributed by atoms with Crippen molar-refractivity contribution in [1.29, 1.82) is 0 Å². The maximum atomic E-state index is 13.2. The van der Waals surface area contributed by atoms with Crippen LogP contribution in [0.2, 0.25) is 0 Å². The maximum absolute atomic E-state index is 13.2. The van der Waals surface area contributed by atoms with E-state index in [1.54, 1.807) is 0 Å². The number of thiazole rings is 1. The molecule has 0 aromatic carbocycles. The van der Waals surface area contributed by atoms with Crippen molar-refractivity contribution >= 4 is 63.5 Å². The molecule has 4 amide bonds. The summed E-state index contributed by atoms with van der Waals surface area (Å²) in [6.07, 6.45) is 2.01. The summed E-state index contributed by atoms with van der Waals surface area (Å²) in [5.74, 6) is -3.29. The van der Waals surface area contributed by atoms with Gasteiger partial charge in [0.2, 0.25) is 5.91 Å². The number of carboxylic acid groups (broad SMARTS) is 1. The minimum atomic E-state index is -1.21. The second-order valence-corrected chi connectivity index (χ2v) is 12.4. The molecule has 6 rings (SSSR count). The number of anilines is 1. The normalized spacial score (nSPS) is 29.4. The highest BCUT2D eigenvalue weighted by Gasteiger charge is 2.57. The highest BCUT2D eigenvalue weighted by atomic mass is 32.2. The van der Waals surface area contributed by atoms with Gasteiger partial charge in [-0.2, -0.15) is 0 Å². The molecule has 4 fully saturated rings. The molecule has 17 heteroatoms. The number of β-lactam (4-membered cyclic amide) rings is 1. The average Bonchev–Trinajstić information content (AvgIpc) is 3.35. The van der Waals surface area contributed by atoms with Crippen LogP contribution in [0.1, 0.15) is 25.0 Å². The summed E-state index contributed by atoms with van der Waals surface area (Å²) in [6, 6.07) is -1.01. The third-order valence-corrected chi connectivity index (χ3v) is 10.1. The van der Waals surface area contributed by atoms with Gasteiger partial charge in [0.1, 0.15) is 29.4 Å². The third kappa shape index (κ3) is 4.88. The van der Waals surface area contributed by atoms with Crippen molar-refractivity contribution < 1.29 is 38.4 Å². The Bertz CT molecular complexity index is 1330. The topological polar surface area (TPSA) is 233 Å². The number of carbonyl (C=O) groups excluding carboxylic acids is 4. The number of nitrogens with zero attached hydrogens (tertiary/aromatic N) is 4. The number of carboxylic acids is 1. The molecule has 4 saturated heterocycles. The molecule has 2 bridgehead atoms. The van der Waals surface area contributed by atoms with E-state index in [9.17, 15) is 29.1 Å². The number of aromatic nitrogens is 1. The number of hydrogen-bond donors (Lipinski definition) is 5. The fourth-order valence-corrected chi connectivity index (χ4v) is 7.73. The van der Waals surface area contributed by atoms with E-state index in [0.29, 0.717) is 41.6 Å². The number of thioether (sulfide) groups is 1. The Morgan fingerprint density at radius 1 is 1.23 bits per heavy atom. The second kappa shape index (κ2) is 10.4. The quantitative estimate of drug-likeness (QED) is 0.0879. The van der Waals surface area contributed by atoms with Crippen LogP contribution < -0.4 is 22.5 Å². The van der Waals surface area contributed by atoms with E-state index in [1.165, 1.54) is 22.0 Å². The molecule has 214 valence electrons. The minimum Gasteiger partial charge on any atom is -0.477 e. The molecule has 0 unspecified atom stereocenters. The Labute approximate surface area is 236 Å². The molecule has 2 atom stereocenters. The Morgan fingerprint density at radius 2 is 1.90 bits per heavy atom. The van der Waals surface area contributed by atoms with Crippen LogP contribution in [0.4, 0.5) is 5.13 Å². The minimum absolute atomic E-state index is 0.0602. The van der Waals surface area contributed by atoms with E-state index >= 15 is 0 Å². The Kier molecular flexibility index (Phi) is 7.22. The molecule has 0 aliphatic carbocycles. The first kappa shape index (κ1) is 27.9. The van der Waals surface area contributed by atoms with Crippen LogP contribution in [0.5, 0.6) is 0 Å². The number of quaternary nitrogens is 1. The number of nitrogens with two attached hydrogens (primary N) is 3. The molecule has 0 spiro atoms. The van der Waals surface area contributed by atoms with Gasteiger partial charge in [-0.05, 0) is 0 Å². The van der Waals surface area contributed by atoms with Gasteiger partial charge in [0.25, 0.3) is 17.7 Å². The zero-order valence-corrected chi connectivity index (χ0v) is 23.0. The molecular weight excluding hydrogens is 564 g/mol. The fourth-order valence-electron chi connectivity index (χ4n) is 5.85. The van der Waals surface area contributed by atoms with Crippen molar-refractivity contribution in [2.45, 2.75) is 30.7 Å². The monoisotopic (exact) mass is 593 g/mol. The highest BCUT2D eigenvalue weighted by Crippen LogP contribution is 2.46. The molecule has 5 aliphatic heterocycles. The zero-order chi connectivity index (χ0) is 28.8. The van der Waals surface area contributed by atoms with Gasteiger partial charge >= 0.3 is 5.97 Å². The molecule has 1 aromatic rings. The number of oxime groups is 1. The van der Waals surface area contributed by atoms with E-state index < -0.39 is 47.1 Å². The van der Waals surface area contributed by atoms with Gasteiger partial charge in [-0.3, -0.25) is 24.1 Å². The predicted molar refractivity (Wildman–Crippen MR) is 143 cm³/mol. The summed E-state index contributed by atoms with van der Waals surface area (Å²) in [5.41, 5.74) is 16.3. The number of nitrogens with one attached hydrogen (secondary N) is 1. The summed E-state index contributed by atoms with van der Waals surface area (Å²) in [6.45, 7) is 2.06. The molecule has 8 N–H and O–H groups in total. The van der Waals surface area contributed by atoms with Crippen molar-refractivity contribution in [2.24, 2.45) is 22.0 Å². The summed E-state index contributed by atoms with van der Waals surface area (Å²) in [4.78, 5) is 71.8. The van der Waals surface area contributed by atoms with E-state index in [1.807, 2.05) is 0 Å². The lowest BCUT2D eigenvalue weighted by molar-refractivity contribution is -0.940. The molecule has 15 nitrogen and oxygen atoms in total. The number of aliphatic carboxylic acids is 1. The van der Waals surface area contributed by atoms with Crippen molar-refractivity contribution in [2.75, 3.05) is 44.3 Å². The maximum Gasteiger partial charge on any atom is 0.352 e. The van der Waals surface area contributed by atoms with Gasteiger partial charge < -0.3 is 36.9 Å². The van der Waals surface area contributed by atoms with E-state index in [-0.39, 0.29) is 28.1 Å². The van der Waals surface area contributed by atoms with Gasteiger partial charge in [0.15, 0.2) is 17.5 Å². The van der Waals surface area contributed by atoms with Crippen LogP contribution in [0.15, 0.2) is 21.8 Å². The average molecular weight is 594 g/mol.